The van der Waals surface area contributed by atoms with Crippen molar-refractivity contribution in [3.8, 4) is 0 Å². The number of rotatable bonds is 3. The van der Waals surface area contributed by atoms with E-state index in [2.05, 4.69) is 28.9 Å². The van der Waals surface area contributed by atoms with Crippen molar-refractivity contribution in [1.82, 2.24) is 19.5 Å². The third kappa shape index (κ3) is 2.70. The molecule has 3 heterocycles. The molecule has 0 spiro atoms. The smallest absolute Gasteiger partial charge is 0.338 e. The first-order valence-corrected chi connectivity index (χ1v) is 7.77. The lowest BCUT2D eigenvalue weighted by atomic mass is 9.95. The lowest BCUT2D eigenvalue weighted by molar-refractivity contribution is 0.0600. The topological polar surface area (TPSA) is 59.7 Å². The number of piperidine rings is 1. The van der Waals surface area contributed by atoms with Gasteiger partial charge in [-0.15, -0.1) is 10.2 Å². The molecule has 118 valence electrons. The molecular weight excluding hydrogens is 280 g/mol. The van der Waals surface area contributed by atoms with Crippen molar-refractivity contribution in [2.75, 3.05) is 20.2 Å². The Hall–Kier alpha value is -1.95. The van der Waals surface area contributed by atoms with Gasteiger partial charge in [-0.05, 0) is 51.9 Å². The number of ether oxygens (including phenoxy) is 1. The van der Waals surface area contributed by atoms with Crippen molar-refractivity contribution >= 4 is 11.6 Å². The summed E-state index contributed by atoms with van der Waals surface area (Å²) in [5.74, 6) is 1.07. The number of hydrogen-bond donors (Lipinski definition) is 0. The Balaban J connectivity index is 1.82. The zero-order valence-electron chi connectivity index (χ0n) is 13.3. The number of aromatic nitrogens is 3. The van der Waals surface area contributed by atoms with Crippen LogP contribution in [0.2, 0.25) is 0 Å². The van der Waals surface area contributed by atoms with Gasteiger partial charge in [0, 0.05) is 18.2 Å². The highest BCUT2D eigenvalue weighted by molar-refractivity contribution is 5.90. The largest absolute Gasteiger partial charge is 0.465 e. The second-order valence-electron chi connectivity index (χ2n) is 6.10. The Morgan fingerprint density at radius 1 is 1.32 bits per heavy atom. The third-order valence-corrected chi connectivity index (χ3v) is 4.48. The number of hydrogen-bond acceptors (Lipinski definition) is 5. The van der Waals surface area contributed by atoms with Crippen LogP contribution in [0.5, 0.6) is 0 Å². The van der Waals surface area contributed by atoms with Crippen LogP contribution >= 0.6 is 0 Å². The molecule has 0 N–H and O–H groups in total. The number of pyridine rings is 1. The van der Waals surface area contributed by atoms with Crippen molar-refractivity contribution < 1.29 is 9.53 Å². The summed E-state index contributed by atoms with van der Waals surface area (Å²) < 4.78 is 6.73. The minimum absolute atomic E-state index is 0.350. The predicted octanol–water partition coefficient (Wildman–Crippen LogP) is 2.10. The molecule has 0 amide bonds. The maximum absolute atomic E-state index is 11.6. The molecule has 2 aromatic heterocycles. The fourth-order valence-electron chi connectivity index (χ4n) is 3.11. The number of methoxy groups -OCH3 is 1. The van der Waals surface area contributed by atoms with Crippen LogP contribution in [0.4, 0.5) is 0 Å². The van der Waals surface area contributed by atoms with Crippen molar-refractivity contribution in [3.05, 3.63) is 29.7 Å². The Bertz CT molecular complexity index is 672. The van der Waals surface area contributed by atoms with Gasteiger partial charge in [0.1, 0.15) is 5.82 Å². The van der Waals surface area contributed by atoms with Crippen molar-refractivity contribution in [1.29, 1.82) is 0 Å². The summed E-state index contributed by atoms with van der Waals surface area (Å²) in [6, 6.07) is 4.08. The van der Waals surface area contributed by atoms with E-state index in [1.54, 1.807) is 12.1 Å². The molecule has 0 atom stereocenters. The van der Waals surface area contributed by atoms with E-state index in [1.165, 1.54) is 7.11 Å². The summed E-state index contributed by atoms with van der Waals surface area (Å²) in [4.78, 5) is 14.1. The molecular formula is C16H22N4O2. The Labute approximate surface area is 130 Å². The number of esters is 1. The highest BCUT2D eigenvalue weighted by atomic mass is 16.5. The lowest BCUT2D eigenvalue weighted by Crippen LogP contribution is -2.38. The average molecular weight is 302 g/mol. The molecule has 0 bridgehead atoms. The van der Waals surface area contributed by atoms with Crippen molar-refractivity contribution in [3.63, 3.8) is 0 Å². The number of nitrogens with zero attached hydrogens (tertiary/aromatic N) is 4. The zero-order chi connectivity index (χ0) is 15.7. The molecule has 1 aliphatic heterocycles. The molecule has 1 aliphatic rings. The molecule has 3 rings (SSSR count). The van der Waals surface area contributed by atoms with E-state index in [4.69, 9.17) is 4.74 Å². The third-order valence-electron chi connectivity index (χ3n) is 4.48. The minimum Gasteiger partial charge on any atom is -0.465 e. The maximum atomic E-state index is 11.6. The molecule has 22 heavy (non-hydrogen) atoms. The van der Waals surface area contributed by atoms with Crippen LogP contribution in [0.1, 0.15) is 48.8 Å². The number of fused-ring (bicyclic) bond motifs is 1. The van der Waals surface area contributed by atoms with Crippen LogP contribution in [0.3, 0.4) is 0 Å². The van der Waals surface area contributed by atoms with E-state index in [0.29, 0.717) is 23.2 Å². The number of likely N-dealkylation sites (tertiary alicyclic amines) is 1. The second-order valence-corrected chi connectivity index (χ2v) is 6.10. The molecule has 2 aromatic rings. The van der Waals surface area contributed by atoms with E-state index in [9.17, 15) is 4.79 Å². The van der Waals surface area contributed by atoms with Crippen molar-refractivity contribution in [2.45, 2.75) is 38.6 Å². The van der Waals surface area contributed by atoms with Gasteiger partial charge in [-0.25, -0.2) is 4.79 Å². The molecule has 0 radical (unpaired) electrons. The fourth-order valence-corrected chi connectivity index (χ4v) is 3.11. The van der Waals surface area contributed by atoms with Crippen LogP contribution in [0, 0.1) is 0 Å². The Kier molecular flexibility index (Phi) is 4.11. The van der Waals surface area contributed by atoms with Crippen LogP contribution in [-0.4, -0.2) is 51.7 Å². The molecule has 6 heteroatoms. The van der Waals surface area contributed by atoms with E-state index in [0.717, 1.165) is 31.8 Å². The van der Waals surface area contributed by atoms with Gasteiger partial charge < -0.3 is 9.64 Å². The normalized spacial score (nSPS) is 17.3. The van der Waals surface area contributed by atoms with Crippen LogP contribution < -0.4 is 0 Å². The molecule has 0 aromatic carbocycles. The van der Waals surface area contributed by atoms with Crippen LogP contribution in [0.15, 0.2) is 18.3 Å². The van der Waals surface area contributed by atoms with Crippen LogP contribution in [-0.2, 0) is 4.74 Å². The minimum atomic E-state index is -0.350. The maximum Gasteiger partial charge on any atom is 0.338 e. The number of carbonyl (C=O) groups is 1. The van der Waals surface area contributed by atoms with Crippen molar-refractivity contribution in [2.24, 2.45) is 0 Å². The molecule has 0 unspecified atom stereocenters. The van der Waals surface area contributed by atoms with Gasteiger partial charge in [-0.3, -0.25) is 4.40 Å². The monoisotopic (exact) mass is 302 g/mol. The summed E-state index contributed by atoms with van der Waals surface area (Å²) >= 11 is 0. The van der Waals surface area contributed by atoms with Gasteiger partial charge in [-0.2, -0.15) is 0 Å². The van der Waals surface area contributed by atoms with Crippen LogP contribution in [0.25, 0.3) is 5.65 Å². The van der Waals surface area contributed by atoms with Gasteiger partial charge in [0.25, 0.3) is 0 Å². The molecule has 1 fully saturated rings. The standard InChI is InChI=1S/C16H22N4O2/c1-11(2)19-7-4-12(5-8-19)15-18-17-14-10-13(16(21)22-3)6-9-20(14)15/h6,9-12H,4-5,7-8H2,1-3H3. The van der Waals surface area contributed by atoms with Gasteiger partial charge in [0.15, 0.2) is 5.65 Å². The molecule has 0 aliphatic carbocycles. The second kappa shape index (κ2) is 6.04. The summed E-state index contributed by atoms with van der Waals surface area (Å²) in [6.07, 6.45) is 4.06. The SMILES string of the molecule is COC(=O)c1ccn2c(C3CCN(C(C)C)CC3)nnc2c1. The summed E-state index contributed by atoms with van der Waals surface area (Å²) in [5, 5.41) is 8.57. The predicted molar refractivity (Wildman–Crippen MR) is 83.0 cm³/mol. The van der Waals surface area contributed by atoms with Gasteiger partial charge >= 0.3 is 5.97 Å². The van der Waals surface area contributed by atoms with E-state index in [1.807, 2.05) is 10.6 Å². The summed E-state index contributed by atoms with van der Waals surface area (Å²) in [6.45, 7) is 6.66. The first-order valence-electron chi connectivity index (χ1n) is 7.77. The fraction of sp³-hybridized carbons (Fsp3) is 0.562. The first kappa shape index (κ1) is 15.0. The van der Waals surface area contributed by atoms with Gasteiger partial charge in [0.2, 0.25) is 0 Å². The Morgan fingerprint density at radius 2 is 2.05 bits per heavy atom. The first-order chi connectivity index (χ1) is 10.6. The number of carbonyl (C=O) groups excluding carboxylic acids is 1. The Morgan fingerprint density at radius 3 is 2.68 bits per heavy atom. The van der Waals surface area contributed by atoms with Gasteiger partial charge in [0.05, 0.1) is 12.7 Å². The summed E-state index contributed by atoms with van der Waals surface area (Å²) in [5.41, 5.74) is 1.20. The van der Waals surface area contributed by atoms with Gasteiger partial charge in [-0.1, -0.05) is 0 Å². The average Bonchev–Trinajstić information content (AvgIpc) is 2.97. The quantitative estimate of drug-likeness (QED) is 0.813. The van der Waals surface area contributed by atoms with E-state index >= 15 is 0 Å². The lowest BCUT2D eigenvalue weighted by Gasteiger charge is -2.33. The molecule has 1 saturated heterocycles. The van der Waals surface area contributed by atoms with E-state index in [-0.39, 0.29) is 5.97 Å². The highest BCUT2D eigenvalue weighted by Crippen LogP contribution is 2.28. The molecule has 0 saturated carbocycles. The van der Waals surface area contributed by atoms with E-state index < -0.39 is 0 Å². The zero-order valence-corrected chi connectivity index (χ0v) is 13.3. The highest BCUT2D eigenvalue weighted by Gasteiger charge is 2.25. The summed E-state index contributed by atoms with van der Waals surface area (Å²) in [7, 11) is 1.38. The molecule has 6 nitrogen and oxygen atoms in total.